The third-order valence-electron chi connectivity index (χ3n) is 23.3. The Bertz CT molecular complexity index is 6160. The third kappa shape index (κ3) is 24.2. The van der Waals surface area contributed by atoms with Crippen molar-refractivity contribution in [3.8, 4) is 66.8 Å². The molecule has 21 nitrogen and oxygen atoms in total. The number of aryl methyl sites for hydroxylation is 4. The van der Waals surface area contributed by atoms with Crippen LogP contribution in [0.15, 0.2) is 249 Å². The Labute approximate surface area is 742 Å². The maximum absolute atomic E-state index is 13.6. The summed E-state index contributed by atoms with van der Waals surface area (Å²) in [6, 6.07) is 78.7. The first-order valence-corrected chi connectivity index (χ1v) is 44.2. The molecule has 656 valence electrons. The highest BCUT2D eigenvalue weighted by molar-refractivity contribution is 6.12. The number of H-pyrrole nitrogens is 4. The summed E-state index contributed by atoms with van der Waals surface area (Å²) in [6.07, 6.45) is 12.9. The molecule has 0 spiro atoms. The van der Waals surface area contributed by atoms with Gasteiger partial charge in [-0.2, -0.15) is 0 Å². The van der Waals surface area contributed by atoms with Gasteiger partial charge in [0.15, 0.2) is 0 Å². The summed E-state index contributed by atoms with van der Waals surface area (Å²) in [5.74, 6) is -0.461. The van der Waals surface area contributed by atoms with E-state index in [1.807, 2.05) is 48.5 Å². The first kappa shape index (κ1) is 91.7. The number of hydrogen-bond acceptors (Lipinski definition) is 13. The summed E-state index contributed by atoms with van der Waals surface area (Å²) in [7, 11) is 0. The Morgan fingerprint density at radius 3 is 1.02 bits per heavy atom. The maximum Gasteiger partial charge on any atom is 0.268 e. The molecule has 1 saturated carbocycles. The molecular formula is C105H120FN17O4. The molecule has 5 aromatic heterocycles. The van der Waals surface area contributed by atoms with E-state index in [0.717, 1.165) is 186 Å². The highest BCUT2D eigenvalue weighted by Crippen LogP contribution is 2.46. The number of pyridine rings is 1. The van der Waals surface area contributed by atoms with Crippen LogP contribution in [0.25, 0.3) is 110 Å². The van der Waals surface area contributed by atoms with Crippen LogP contribution in [0, 0.1) is 33.5 Å². The molecular weight excluding hydrogens is 1580 g/mol. The van der Waals surface area contributed by atoms with E-state index in [2.05, 4.69) is 238 Å². The Hall–Kier alpha value is -13.0. The monoisotopic (exact) mass is 1700 g/mol. The van der Waals surface area contributed by atoms with E-state index in [0.29, 0.717) is 87.5 Å². The number of nitrogens with one attached hydrogen (secondary N) is 8. The highest BCUT2D eigenvalue weighted by Gasteiger charge is 2.33. The van der Waals surface area contributed by atoms with E-state index in [1.165, 1.54) is 39.9 Å². The van der Waals surface area contributed by atoms with Crippen molar-refractivity contribution in [1.29, 1.82) is 0 Å². The summed E-state index contributed by atoms with van der Waals surface area (Å²) in [4.78, 5) is 70.0. The second kappa shape index (κ2) is 44.2. The number of halogens is 1. The average Bonchev–Trinajstić information content (AvgIpc) is 1.56. The van der Waals surface area contributed by atoms with Gasteiger partial charge in [-0.05, 0) is 245 Å². The van der Waals surface area contributed by atoms with Crippen LogP contribution in [0.2, 0.25) is 0 Å². The summed E-state index contributed by atoms with van der Waals surface area (Å²) in [5.41, 5.74) is 73.1. The molecule has 0 unspecified atom stereocenters. The third-order valence-corrected chi connectivity index (χ3v) is 23.3. The van der Waals surface area contributed by atoms with Crippen molar-refractivity contribution in [3.63, 3.8) is 0 Å². The van der Waals surface area contributed by atoms with Gasteiger partial charge in [-0.3, -0.25) is 24.2 Å². The number of benzene rings is 10. The molecule has 0 bridgehead atoms. The maximum atomic E-state index is 13.6. The van der Waals surface area contributed by atoms with Crippen LogP contribution in [-0.2, 0) is 6.42 Å². The number of aromatic amines is 4. The van der Waals surface area contributed by atoms with Crippen LogP contribution in [-0.4, -0.2) is 125 Å². The lowest BCUT2D eigenvalue weighted by molar-refractivity contribution is 0.0937. The topological polar surface area (TPSA) is 401 Å². The van der Waals surface area contributed by atoms with E-state index < -0.39 is 0 Å². The summed E-state index contributed by atoms with van der Waals surface area (Å²) in [6.45, 7) is 12.3. The average molecular weight is 1700 g/mol. The minimum absolute atomic E-state index is 0.0654. The molecule has 1 aliphatic rings. The van der Waals surface area contributed by atoms with Crippen molar-refractivity contribution < 1.29 is 23.6 Å². The zero-order chi connectivity index (χ0) is 89.5. The lowest BCUT2D eigenvalue weighted by Gasteiger charge is -2.12. The standard InChI is InChI=1S/C28H32N4O.C27H29FN4O.C26H29N5O.C24H30N4O/c1-19-9-11-21(12-10-19)22-13-14-24-25(16-20-6-3-2-4-7-20)27(32-26(24)17-22)28(33)31-18-23(30)8-5-15-29;1-17-4-6-18(7-5-17)20-10-13-23-24(15-20)32-26(25(23)19-8-11-21(28)12-9-19)27(33)31-16-22(30)3-2-14-29;1-17-4-6-18(7-5-17)20-8-9-22-23(15-20)31-25(24(22)19-10-13-29-14-11-19)26(32)30-16-21(28)3-2-12-27;1-15-4-6-16(7-5-15)18-10-11-20-21(13-18)28-23(22(20)17-8-9-17)24(29)27-14-19(26)3-2-12-25/h2-4,6-7,9-14,17,23,32H,5,8,15-16,18,29-30H2,1H3,(H,31,33);4-13,15,22,32H,2-3,14,16,29-30H2,1H3,(H,31,33);4-11,13-15,21,31H,2-3,12,16,27-28H2,1H3,(H,30,32);4-7,10-11,13,17,19,28H,2-3,8-9,12,14,25-26H2,1H3,(H,27,29)/t23-;22-;21-;19-/m0100/s1. The predicted molar refractivity (Wildman–Crippen MR) is 518 cm³/mol. The van der Waals surface area contributed by atoms with Crippen LogP contribution in [0.1, 0.15) is 151 Å². The minimum atomic E-state index is -0.322. The minimum Gasteiger partial charge on any atom is -0.350 e. The quantitative estimate of drug-likeness (QED) is 0.0182. The van der Waals surface area contributed by atoms with Crippen LogP contribution in [0.3, 0.4) is 0 Å². The van der Waals surface area contributed by atoms with Crippen molar-refractivity contribution >= 4 is 67.2 Å². The van der Waals surface area contributed by atoms with Crippen LogP contribution in [0.4, 0.5) is 4.39 Å². The van der Waals surface area contributed by atoms with Gasteiger partial charge in [0.2, 0.25) is 0 Å². The Morgan fingerprint density at radius 2 is 0.654 bits per heavy atom. The Morgan fingerprint density at radius 1 is 0.354 bits per heavy atom. The van der Waals surface area contributed by atoms with Gasteiger partial charge in [-0.25, -0.2) is 4.39 Å². The van der Waals surface area contributed by atoms with Crippen molar-refractivity contribution in [2.24, 2.45) is 45.9 Å². The molecule has 0 radical (unpaired) electrons. The van der Waals surface area contributed by atoms with Gasteiger partial charge < -0.3 is 87.1 Å². The van der Waals surface area contributed by atoms with Crippen LogP contribution >= 0.6 is 0 Å². The molecule has 22 heteroatoms. The van der Waals surface area contributed by atoms with Gasteiger partial charge >= 0.3 is 0 Å². The van der Waals surface area contributed by atoms with E-state index in [9.17, 15) is 23.6 Å². The number of nitrogens with zero attached hydrogens (tertiary/aromatic N) is 1. The van der Waals surface area contributed by atoms with Gasteiger partial charge in [0, 0.05) is 124 Å². The Kier molecular flexibility index (Phi) is 31.9. The number of carbonyl (C=O) groups excluding carboxylic acids is 4. The number of rotatable bonds is 33. The summed E-state index contributed by atoms with van der Waals surface area (Å²) < 4.78 is 13.6. The first-order valence-electron chi connectivity index (χ1n) is 44.2. The number of hydrogen-bond donors (Lipinski definition) is 16. The van der Waals surface area contributed by atoms with Gasteiger partial charge in [-0.15, -0.1) is 0 Å². The van der Waals surface area contributed by atoms with Crippen molar-refractivity contribution in [3.05, 3.63) is 317 Å². The smallest absolute Gasteiger partial charge is 0.268 e. The largest absolute Gasteiger partial charge is 0.350 e. The van der Waals surface area contributed by atoms with Gasteiger partial charge in [0.25, 0.3) is 23.6 Å². The number of amides is 4. The molecule has 127 heavy (non-hydrogen) atoms. The lowest BCUT2D eigenvalue weighted by Crippen LogP contribution is -2.37. The van der Waals surface area contributed by atoms with E-state index in [1.54, 1.807) is 24.5 Å². The number of fused-ring (bicyclic) bond motifs is 4. The molecule has 4 atom stereocenters. The summed E-state index contributed by atoms with van der Waals surface area (Å²) in [5, 5.41) is 16.0. The molecule has 15 aromatic rings. The van der Waals surface area contributed by atoms with Crippen molar-refractivity contribution in [2.75, 3.05) is 52.4 Å². The van der Waals surface area contributed by atoms with Crippen molar-refractivity contribution in [2.45, 2.75) is 128 Å². The van der Waals surface area contributed by atoms with Crippen LogP contribution < -0.4 is 67.1 Å². The molecule has 5 heterocycles. The zero-order valence-corrected chi connectivity index (χ0v) is 73.1. The molecule has 16 rings (SSSR count). The van der Waals surface area contributed by atoms with E-state index >= 15 is 0 Å². The number of nitrogens with two attached hydrogens (primary N) is 8. The molecule has 0 saturated heterocycles. The molecule has 0 aliphatic heterocycles. The van der Waals surface area contributed by atoms with Gasteiger partial charge in [-0.1, -0.05) is 210 Å². The number of aromatic nitrogens is 5. The lowest BCUT2D eigenvalue weighted by atomic mass is 9.98. The second-order valence-corrected chi connectivity index (χ2v) is 33.4. The fourth-order valence-electron chi connectivity index (χ4n) is 16.0. The normalized spacial score (nSPS) is 12.7. The first-order chi connectivity index (χ1) is 61.6. The fourth-order valence-corrected chi connectivity index (χ4v) is 16.0. The zero-order valence-electron chi connectivity index (χ0n) is 73.1. The molecule has 10 aromatic carbocycles. The second-order valence-electron chi connectivity index (χ2n) is 33.4. The van der Waals surface area contributed by atoms with Gasteiger partial charge in [0.05, 0.1) is 0 Å². The van der Waals surface area contributed by atoms with E-state index in [-0.39, 0.29) is 53.6 Å². The van der Waals surface area contributed by atoms with Crippen molar-refractivity contribution in [1.82, 2.24) is 46.2 Å². The fraction of sp³-hybridized carbons (Fsp3) is 0.267. The Balaban J connectivity index is 0.000000145. The predicted octanol–water partition coefficient (Wildman–Crippen LogP) is 17.1. The van der Waals surface area contributed by atoms with Crippen LogP contribution in [0.5, 0.6) is 0 Å². The molecule has 24 N–H and O–H groups in total. The highest BCUT2D eigenvalue weighted by atomic mass is 19.1. The molecule has 1 fully saturated rings. The SMILES string of the molecule is Cc1ccc(-c2ccc3c(-c4ccc(F)cc4)c(C(=O)NC[C@H](N)CCCN)[nH]c3c2)cc1.Cc1ccc(-c2ccc3c(-c4ccncc4)c(C(=O)NC[C@@H](N)CCCN)[nH]c3c2)cc1.Cc1ccc(-c2ccc3c(C4CC4)c(C(=O)NC[C@@H](N)CCCN)[nH]c3c2)cc1.Cc1ccc(-c2ccc3c(Cc4ccccc4)c(C(=O)NC[C@@H](N)CCCN)[nH]c3c2)cc1. The number of carbonyl (C=O) groups is 4. The summed E-state index contributed by atoms with van der Waals surface area (Å²) >= 11 is 0. The van der Waals surface area contributed by atoms with E-state index in [4.69, 9.17) is 45.9 Å². The molecule has 1 aliphatic carbocycles. The van der Waals surface area contributed by atoms with Gasteiger partial charge in [0.1, 0.15) is 28.6 Å². The molecule has 4 amide bonds.